The molecule has 1 aromatic heterocycles. The third kappa shape index (κ3) is 4.92. The maximum absolute atomic E-state index is 13.2. The van der Waals surface area contributed by atoms with Crippen molar-refractivity contribution in [3.8, 4) is 5.75 Å². The standard InChI is InChI=1S/C29H24N2O4/c32-22-13-10-19(11-14-22)16-21-12-15-24-27(23-8-4-5-9-25(23)31-28(21)24)29(34)35-18-26(33)30-17-20-6-2-1-3-7-20/h1-11,13-14,16,32H,12,15,17-18H2,(H,30,33)/b21-16+. The van der Waals surface area contributed by atoms with E-state index in [2.05, 4.69) is 5.32 Å². The van der Waals surface area contributed by atoms with Crippen molar-refractivity contribution < 1.29 is 19.4 Å². The number of ether oxygens (including phenoxy) is 1. The van der Waals surface area contributed by atoms with Crippen molar-refractivity contribution in [3.05, 3.63) is 107 Å². The summed E-state index contributed by atoms with van der Waals surface area (Å²) in [6.07, 6.45) is 3.41. The van der Waals surface area contributed by atoms with Crippen LogP contribution in [0.5, 0.6) is 5.75 Å². The van der Waals surface area contributed by atoms with Gasteiger partial charge in [-0.2, -0.15) is 0 Å². The average molecular weight is 465 g/mol. The first kappa shape index (κ1) is 22.3. The number of nitrogens with one attached hydrogen (secondary N) is 1. The van der Waals surface area contributed by atoms with Crippen LogP contribution in [0.25, 0.3) is 22.6 Å². The van der Waals surface area contributed by atoms with Gasteiger partial charge in [0.2, 0.25) is 0 Å². The molecule has 1 heterocycles. The molecule has 35 heavy (non-hydrogen) atoms. The second-order valence-corrected chi connectivity index (χ2v) is 8.43. The zero-order chi connectivity index (χ0) is 24.2. The number of fused-ring (bicyclic) bond motifs is 2. The third-order valence-corrected chi connectivity index (χ3v) is 6.05. The number of allylic oxidation sites excluding steroid dienone is 1. The van der Waals surface area contributed by atoms with Crippen molar-refractivity contribution in [2.75, 3.05) is 6.61 Å². The predicted octanol–water partition coefficient (Wildman–Crippen LogP) is 4.90. The molecule has 0 spiro atoms. The molecule has 0 saturated heterocycles. The number of phenols is 1. The molecular formula is C29H24N2O4. The monoisotopic (exact) mass is 464 g/mol. The predicted molar refractivity (Wildman–Crippen MR) is 135 cm³/mol. The first-order valence-corrected chi connectivity index (χ1v) is 11.5. The lowest BCUT2D eigenvalue weighted by molar-refractivity contribution is -0.124. The lowest BCUT2D eigenvalue weighted by Gasteiger charge is -2.12. The number of pyridine rings is 1. The summed E-state index contributed by atoms with van der Waals surface area (Å²) < 4.78 is 5.45. The topological polar surface area (TPSA) is 88.5 Å². The largest absolute Gasteiger partial charge is 0.508 e. The van der Waals surface area contributed by atoms with Crippen molar-refractivity contribution >= 4 is 34.4 Å². The molecule has 2 N–H and O–H groups in total. The van der Waals surface area contributed by atoms with E-state index in [0.717, 1.165) is 34.4 Å². The number of aromatic hydroxyl groups is 1. The molecule has 5 rings (SSSR count). The van der Waals surface area contributed by atoms with Gasteiger partial charge in [0.1, 0.15) is 5.75 Å². The molecule has 6 heteroatoms. The summed E-state index contributed by atoms with van der Waals surface area (Å²) in [5.74, 6) is -0.674. The molecule has 0 aliphatic heterocycles. The first-order valence-electron chi connectivity index (χ1n) is 11.5. The van der Waals surface area contributed by atoms with Crippen molar-refractivity contribution in [2.24, 2.45) is 0 Å². The fourth-order valence-corrected chi connectivity index (χ4v) is 4.33. The van der Waals surface area contributed by atoms with Crippen molar-refractivity contribution in [3.63, 3.8) is 0 Å². The number of benzene rings is 3. The third-order valence-electron chi connectivity index (χ3n) is 6.05. The summed E-state index contributed by atoms with van der Waals surface area (Å²) >= 11 is 0. The summed E-state index contributed by atoms with van der Waals surface area (Å²) in [5.41, 5.74) is 5.71. The minimum Gasteiger partial charge on any atom is -0.508 e. The number of nitrogens with zero attached hydrogens (tertiary/aromatic N) is 1. The highest BCUT2D eigenvalue weighted by Crippen LogP contribution is 2.37. The van der Waals surface area contributed by atoms with E-state index in [4.69, 9.17) is 9.72 Å². The Hall–Kier alpha value is -4.45. The number of phenolic OH excluding ortho intramolecular Hbond substituents is 1. The number of rotatable bonds is 6. The fourth-order valence-electron chi connectivity index (χ4n) is 4.33. The van der Waals surface area contributed by atoms with Crippen LogP contribution in [0, 0.1) is 0 Å². The molecule has 174 valence electrons. The van der Waals surface area contributed by atoms with E-state index in [1.165, 1.54) is 0 Å². The number of hydrogen-bond donors (Lipinski definition) is 2. The number of carbonyl (C=O) groups is 2. The van der Waals surface area contributed by atoms with Gasteiger partial charge in [0.25, 0.3) is 5.91 Å². The van der Waals surface area contributed by atoms with Crippen LogP contribution in [0.15, 0.2) is 78.9 Å². The van der Waals surface area contributed by atoms with E-state index in [9.17, 15) is 14.7 Å². The normalized spacial score (nSPS) is 13.5. The molecule has 0 unspecified atom stereocenters. The molecule has 1 amide bonds. The number of para-hydroxylation sites is 1. The van der Waals surface area contributed by atoms with Gasteiger partial charge < -0.3 is 15.2 Å². The quantitative estimate of drug-likeness (QED) is 0.396. The van der Waals surface area contributed by atoms with Crippen LogP contribution >= 0.6 is 0 Å². The Bertz CT molecular complexity index is 1430. The highest BCUT2D eigenvalue weighted by Gasteiger charge is 2.28. The van der Waals surface area contributed by atoms with Crippen LogP contribution < -0.4 is 5.32 Å². The van der Waals surface area contributed by atoms with Gasteiger partial charge in [-0.1, -0.05) is 60.7 Å². The molecule has 3 aromatic carbocycles. The molecule has 0 atom stereocenters. The molecule has 0 bridgehead atoms. The summed E-state index contributed by atoms with van der Waals surface area (Å²) in [5, 5.41) is 13.1. The highest BCUT2D eigenvalue weighted by atomic mass is 16.5. The number of esters is 1. The van der Waals surface area contributed by atoms with E-state index in [1.807, 2.05) is 72.8 Å². The summed E-state index contributed by atoms with van der Waals surface area (Å²) in [7, 11) is 0. The Morgan fingerprint density at radius 3 is 2.49 bits per heavy atom. The number of hydrogen-bond acceptors (Lipinski definition) is 5. The van der Waals surface area contributed by atoms with Gasteiger partial charge in [-0.25, -0.2) is 9.78 Å². The zero-order valence-corrected chi connectivity index (χ0v) is 19.0. The SMILES string of the molecule is O=C(COC(=O)c1c2c(nc3ccccc13)/C(=C/c1ccc(O)cc1)CC2)NCc1ccccc1. The number of aromatic nitrogens is 1. The minimum absolute atomic E-state index is 0.209. The van der Waals surface area contributed by atoms with E-state index < -0.39 is 5.97 Å². The Balaban J connectivity index is 1.39. The Kier molecular flexibility index (Phi) is 6.26. The van der Waals surface area contributed by atoms with Crippen molar-refractivity contribution in [1.29, 1.82) is 0 Å². The molecule has 0 fully saturated rings. The lowest BCUT2D eigenvalue weighted by Crippen LogP contribution is -2.28. The van der Waals surface area contributed by atoms with Gasteiger partial charge in [0.05, 0.1) is 16.8 Å². The van der Waals surface area contributed by atoms with Crippen LogP contribution in [-0.2, 0) is 22.5 Å². The second kappa shape index (κ2) is 9.81. The van der Waals surface area contributed by atoms with E-state index in [0.29, 0.717) is 29.4 Å². The van der Waals surface area contributed by atoms with Crippen molar-refractivity contribution in [1.82, 2.24) is 10.3 Å². The Morgan fingerprint density at radius 2 is 1.69 bits per heavy atom. The summed E-state index contributed by atoms with van der Waals surface area (Å²) in [6, 6.07) is 24.0. The molecule has 1 aliphatic carbocycles. The maximum atomic E-state index is 13.2. The Labute approximate surface area is 202 Å². The molecule has 4 aromatic rings. The number of amides is 1. The van der Waals surface area contributed by atoms with Crippen LogP contribution in [0.2, 0.25) is 0 Å². The van der Waals surface area contributed by atoms with E-state index in [-0.39, 0.29) is 18.3 Å². The lowest BCUT2D eigenvalue weighted by atomic mass is 10.0. The molecular weight excluding hydrogens is 440 g/mol. The van der Waals surface area contributed by atoms with Crippen LogP contribution in [-0.4, -0.2) is 28.6 Å². The first-order chi connectivity index (χ1) is 17.1. The number of carbonyl (C=O) groups excluding carboxylic acids is 2. The molecule has 1 aliphatic rings. The van der Waals surface area contributed by atoms with Gasteiger partial charge in [0, 0.05) is 11.9 Å². The van der Waals surface area contributed by atoms with Gasteiger partial charge in [-0.3, -0.25) is 4.79 Å². The second-order valence-electron chi connectivity index (χ2n) is 8.43. The van der Waals surface area contributed by atoms with Crippen LogP contribution in [0.1, 0.15) is 39.2 Å². The highest BCUT2D eigenvalue weighted by molar-refractivity contribution is 6.07. The van der Waals surface area contributed by atoms with Gasteiger partial charge >= 0.3 is 5.97 Å². The molecule has 6 nitrogen and oxygen atoms in total. The smallest absolute Gasteiger partial charge is 0.339 e. The average Bonchev–Trinajstić information content (AvgIpc) is 3.28. The molecule has 0 saturated carbocycles. The van der Waals surface area contributed by atoms with E-state index >= 15 is 0 Å². The Morgan fingerprint density at radius 1 is 0.943 bits per heavy atom. The summed E-state index contributed by atoms with van der Waals surface area (Å²) in [6.45, 7) is 0.0174. The fraction of sp³-hybridized carbons (Fsp3) is 0.138. The van der Waals surface area contributed by atoms with Gasteiger partial charge in [-0.15, -0.1) is 0 Å². The zero-order valence-electron chi connectivity index (χ0n) is 19.0. The van der Waals surface area contributed by atoms with Crippen LogP contribution in [0.3, 0.4) is 0 Å². The summed E-state index contributed by atoms with van der Waals surface area (Å²) in [4.78, 5) is 30.4. The maximum Gasteiger partial charge on any atom is 0.339 e. The van der Waals surface area contributed by atoms with Crippen molar-refractivity contribution in [2.45, 2.75) is 19.4 Å². The van der Waals surface area contributed by atoms with Gasteiger partial charge in [0.15, 0.2) is 6.61 Å². The molecule has 0 radical (unpaired) electrons. The van der Waals surface area contributed by atoms with Gasteiger partial charge in [-0.05, 0) is 59.4 Å². The minimum atomic E-state index is -0.527. The van der Waals surface area contributed by atoms with Crippen LogP contribution in [0.4, 0.5) is 0 Å². The van der Waals surface area contributed by atoms with E-state index in [1.54, 1.807) is 12.1 Å².